The maximum absolute atomic E-state index is 14.6. The smallest absolute Gasteiger partial charge is 0.413 e. The lowest BCUT2D eigenvalue weighted by Crippen LogP contribution is -2.52. The second-order valence-electron chi connectivity index (χ2n) is 12.0. The van der Waals surface area contributed by atoms with E-state index < -0.39 is 29.5 Å². The van der Waals surface area contributed by atoms with E-state index in [1.165, 1.54) is 24.5 Å². The molecule has 0 amide bonds. The van der Waals surface area contributed by atoms with E-state index in [0.717, 1.165) is 18.2 Å². The van der Waals surface area contributed by atoms with Gasteiger partial charge in [0.05, 0.1) is 46.2 Å². The summed E-state index contributed by atoms with van der Waals surface area (Å²) in [5.74, 6) is -1.73. The quantitative estimate of drug-likeness (QED) is 0.162. The molecule has 0 spiro atoms. The molecule has 1 atom stereocenters. The second kappa shape index (κ2) is 11.3. The molecular formula is C30H30ClF4N7O2. The standard InChI is InChI=1S/C30H30ClF4N7O2/c1-28(2,3)15-38-24-17(12-36)13-37-26-20(24)10-18(11-21(26)31)39-25(16-5-6-22(32)19(9-16)27(43)44-4)23-14-42(41-40-23)29(7-8-29)30(33,34)35/h5-6,9-11,13-14,25,39-41H,7-8,15H2,1-4H3,(H,37,38)/t25-/m0/s1. The minimum Gasteiger partial charge on any atom is -0.465 e. The number of alkyl halides is 3. The number of carbonyl (C=O) groups excluding carboxylic acids is 1. The van der Waals surface area contributed by atoms with Crippen molar-refractivity contribution in [3.8, 4) is 6.07 Å². The van der Waals surface area contributed by atoms with E-state index in [0.29, 0.717) is 39.9 Å². The fourth-order valence-corrected chi connectivity index (χ4v) is 5.22. The van der Waals surface area contributed by atoms with Gasteiger partial charge < -0.3 is 20.8 Å². The Morgan fingerprint density at radius 1 is 1.25 bits per heavy atom. The average Bonchev–Trinajstić information content (AvgIpc) is 3.65. The molecule has 1 aliphatic carbocycles. The van der Waals surface area contributed by atoms with Gasteiger partial charge in [0.2, 0.25) is 0 Å². The number of hydrogen-bond donors (Lipinski definition) is 4. The number of halogens is 5. The number of rotatable bonds is 8. The molecule has 1 fully saturated rings. The van der Waals surface area contributed by atoms with Gasteiger partial charge >= 0.3 is 12.1 Å². The molecule has 1 saturated carbocycles. The summed E-state index contributed by atoms with van der Waals surface area (Å²) in [6.45, 7) is 6.64. The zero-order valence-electron chi connectivity index (χ0n) is 24.3. The Balaban J connectivity index is 1.61. The van der Waals surface area contributed by atoms with Crippen LogP contribution in [0.4, 0.5) is 28.9 Å². The van der Waals surface area contributed by atoms with Gasteiger partial charge in [0.1, 0.15) is 11.9 Å². The highest BCUT2D eigenvalue weighted by molar-refractivity contribution is 6.35. The van der Waals surface area contributed by atoms with Crippen LogP contribution in [0.15, 0.2) is 48.4 Å². The minimum absolute atomic E-state index is 0.0883. The number of hydrazine groups is 2. The largest absolute Gasteiger partial charge is 0.465 e. The molecule has 0 unspecified atom stereocenters. The van der Waals surface area contributed by atoms with E-state index in [9.17, 15) is 27.6 Å². The maximum atomic E-state index is 14.6. The van der Waals surface area contributed by atoms with Crippen LogP contribution >= 0.6 is 11.6 Å². The number of esters is 1. The van der Waals surface area contributed by atoms with Crippen LogP contribution in [0.25, 0.3) is 10.9 Å². The first kappa shape index (κ1) is 31.2. The van der Waals surface area contributed by atoms with Crippen molar-refractivity contribution in [1.29, 1.82) is 5.26 Å². The van der Waals surface area contributed by atoms with Gasteiger partial charge in [0, 0.05) is 30.0 Å². The zero-order valence-corrected chi connectivity index (χ0v) is 25.0. The molecule has 44 heavy (non-hydrogen) atoms. The third-order valence-corrected chi connectivity index (χ3v) is 7.78. The second-order valence-corrected chi connectivity index (χ2v) is 12.4. The SMILES string of the molecule is COC(=O)c1cc([C@H](Nc2cc(Cl)c3ncc(C#N)c(NCC(C)(C)C)c3c2)C2=CN(C3(C(F)(F)F)CC3)NN2)ccc1F. The Bertz CT molecular complexity index is 1690. The summed E-state index contributed by atoms with van der Waals surface area (Å²) in [6.07, 6.45) is -1.93. The van der Waals surface area contributed by atoms with Gasteiger partial charge in [-0.15, -0.1) is 5.53 Å². The minimum atomic E-state index is -4.49. The molecule has 2 heterocycles. The summed E-state index contributed by atoms with van der Waals surface area (Å²) >= 11 is 6.66. The topological polar surface area (TPSA) is 114 Å². The molecule has 5 rings (SSSR count). The van der Waals surface area contributed by atoms with Crippen LogP contribution < -0.4 is 21.6 Å². The number of methoxy groups -OCH3 is 1. The highest BCUT2D eigenvalue weighted by atomic mass is 35.5. The molecule has 9 nitrogen and oxygen atoms in total. The Labute approximate surface area is 256 Å². The number of hydrogen-bond acceptors (Lipinski definition) is 9. The van der Waals surface area contributed by atoms with E-state index in [1.807, 2.05) is 20.8 Å². The molecule has 232 valence electrons. The monoisotopic (exact) mass is 631 g/mol. The van der Waals surface area contributed by atoms with Crippen molar-refractivity contribution < 1.29 is 27.1 Å². The van der Waals surface area contributed by atoms with Gasteiger partial charge in [-0.25, -0.2) is 9.18 Å². The van der Waals surface area contributed by atoms with Gasteiger partial charge in [-0.3, -0.25) is 9.99 Å². The molecule has 1 aromatic heterocycles. The zero-order chi connectivity index (χ0) is 32.0. The lowest BCUT2D eigenvalue weighted by atomic mass is 9.96. The van der Waals surface area contributed by atoms with E-state index in [1.54, 1.807) is 12.1 Å². The lowest BCUT2D eigenvalue weighted by molar-refractivity contribution is -0.195. The number of nitrogens with one attached hydrogen (secondary N) is 4. The fraction of sp³-hybridized carbons (Fsp3) is 0.367. The summed E-state index contributed by atoms with van der Waals surface area (Å²) in [7, 11) is 1.12. The number of benzene rings is 2. The predicted octanol–water partition coefficient (Wildman–Crippen LogP) is 6.56. The number of nitrogens with zero attached hydrogens (tertiary/aromatic N) is 3. The first-order chi connectivity index (χ1) is 20.7. The van der Waals surface area contributed by atoms with Gasteiger partial charge in [-0.05, 0) is 48.1 Å². The predicted molar refractivity (Wildman–Crippen MR) is 158 cm³/mol. The number of ether oxygens (including phenoxy) is 1. The van der Waals surface area contributed by atoms with Crippen molar-refractivity contribution in [2.75, 3.05) is 24.3 Å². The number of carbonyl (C=O) groups is 1. The summed E-state index contributed by atoms with van der Waals surface area (Å²) in [5, 5.41) is 18.2. The van der Waals surface area contributed by atoms with Crippen molar-refractivity contribution >= 4 is 39.8 Å². The average molecular weight is 632 g/mol. The first-order valence-electron chi connectivity index (χ1n) is 13.7. The van der Waals surface area contributed by atoms with E-state index >= 15 is 0 Å². The molecule has 2 aliphatic rings. The number of anilines is 2. The van der Waals surface area contributed by atoms with Crippen molar-refractivity contribution in [3.63, 3.8) is 0 Å². The third-order valence-electron chi connectivity index (χ3n) is 7.49. The van der Waals surface area contributed by atoms with Crippen LogP contribution in [-0.4, -0.2) is 41.3 Å². The number of aromatic nitrogens is 1. The molecule has 0 bridgehead atoms. The van der Waals surface area contributed by atoms with Gasteiger partial charge in [-0.2, -0.15) is 18.4 Å². The molecule has 3 aromatic rings. The Kier molecular flexibility index (Phi) is 8.02. The summed E-state index contributed by atoms with van der Waals surface area (Å²) < 4.78 is 61.0. The molecule has 2 aromatic carbocycles. The van der Waals surface area contributed by atoms with Crippen molar-refractivity contribution in [2.24, 2.45) is 5.41 Å². The Morgan fingerprint density at radius 2 is 1.98 bits per heavy atom. The van der Waals surface area contributed by atoms with Crippen LogP contribution in [0.5, 0.6) is 0 Å². The number of pyridine rings is 1. The highest BCUT2D eigenvalue weighted by Gasteiger charge is 2.67. The normalized spacial score (nSPS) is 16.5. The number of nitriles is 1. The van der Waals surface area contributed by atoms with Gasteiger partial charge in [0.25, 0.3) is 0 Å². The summed E-state index contributed by atoms with van der Waals surface area (Å²) in [5.41, 5.74) is 5.15. The molecular weight excluding hydrogens is 602 g/mol. The van der Waals surface area contributed by atoms with Crippen LogP contribution in [0.3, 0.4) is 0 Å². The van der Waals surface area contributed by atoms with Gasteiger partial charge in [-0.1, -0.05) is 38.4 Å². The Hall–Kier alpha value is -4.28. The highest BCUT2D eigenvalue weighted by Crippen LogP contribution is 2.53. The molecule has 4 N–H and O–H groups in total. The lowest BCUT2D eigenvalue weighted by Gasteiger charge is -2.28. The van der Waals surface area contributed by atoms with Crippen molar-refractivity contribution in [1.82, 2.24) is 21.0 Å². The molecule has 1 aliphatic heterocycles. The van der Waals surface area contributed by atoms with Crippen LogP contribution in [-0.2, 0) is 4.74 Å². The Morgan fingerprint density at radius 3 is 2.59 bits per heavy atom. The van der Waals surface area contributed by atoms with E-state index in [2.05, 4.69) is 32.6 Å². The summed E-state index contributed by atoms with van der Waals surface area (Å²) in [4.78, 5) is 16.7. The molecule has 0 saturated heterocycles. The summed E-state index contributed by atoms with van der Waals surface area (Å²) in [6, 6.07) is 8.30. The van der Waals surface area contributed by atoms with Crippen LogP contribution in [0, 0.1) is 22.6 Å². The van der Waals surface area contributed by atoms with Crippen LogP contribution in [0.2, 0.25) is 5.02 Å². The van der Waals surface area contributed by atoms with Crippen molar-refractivity contribution in [3.05, 3.63) is 76.0 Å². The van der Waals surface area contributed by atoms with E-state index in [-0.39, 0.29) is 34.5 Å². The molecule has 14 heteroatoms. The van der Waals surface area contributed by atoms with Crippen molar-refractivity contribution in [2.45, 2.75) is 51.4 Å². The molecule has 0 radical (unpaired) electrons. The van der Waals surface area contributed by atoms with Gasteiger partial charge in [0.15, 0.2) is 5.54 Å². The number of fused-ring (bicyclic) bond motifs is 1. The maximum Gasteiger partial charge on any atom is 0.413 e. The third kappa shape index (κ3) is 5.92. The fourth-order valence-electron chi connectivity index (χ4n) is 4.95. The first-order valence-corrected chi connectivity index (χ1v) is 14.1. The van der Waals surface area contributed by atoms with E-state index in [4.69, 9.17) is 16.3 Å². The van der Waals surface area contributed by atoms with Crippen LogP contribution in [0.1, 0.15) is 61.1 Å².